The van der Waals surface area contributed by atoms with Crippen molar-refractivity contribution in [2.24, 2.45) is 5.92 Å². The first-order valence-electron chi connectivity index (χ1n) is 14.1. The maximum Gasteiger partial charge on any atom is 0.249 e. The minimum Gasteiger partial charge on any atom is -0.457 e. The number of rotatable bonds is 9. The molecule has 210 valence electrons. The highest BCUT2D eigenvalue weighted by Gasteiger charge is 2.45. The maximum absolute atomic E-state index is 13.6. The van der Waals surface area contributed by atoms with E-state index in [1.807, 2.05) is 55.5 Å². The summed E-state index contributed by atoms with van der Waals surface area (Å²) in [4.78, 5) is 41.6. The topological polar surface area (TPSA) is 108 Å². The van der Waals surface area contributed by atoms with E-state index in [0.717, 1.165) is 42.6 Å². The molecular weight excluding hydrogens is 494 g/mol. The second-order valence-electron chi connectivity index (χ2n) is 11.3. The van der Waals surface area contributed by atoms with Gasteiger partial charge >= 0.3 is 0 Å². The van der Waals surface area contributed by atoms with Gasteiger partial charge in [-0.05, 0) is 74.8 Å². The number of benzene rings is 2. The monoisotopic (exact) mass is 535 g/mol. The Hall–Kier alpha value is -3.39. The summed E-state index contributed by atoms with van der Waals surface area (Å²) >= 11 is 0. The lowest BCUT2D eigenvalue weighted by molar-refractivity contribution is -0.141. The molecule has 0 bridgehead atoms. The van der Waals surface area contributed by atoms with Crippen LogP contribution in [0.2, 0.25) is 0 Å². The number of aryl methyl sites for hydroxylation is 1. The van der Waals surface area contributed by atoms with E-state index in [9.17, 15) is 19.5 Å². The number of carbonyl (C=O) groups is 3. The molecule has 1 heterocycles. The van der Waals surface area contributed by atoms with Crippen LogP contribution >= 0.6 is 0 Å². The van der Waals surface area contributed by atoms with Crippen molar-refractivity contribution in [3.63, 3.8) is 0 Å². The molecule has 2 aromatic carbocycles. The van der Waals surface area contributed by atoms with Gasteiger partial charge in [0.2, 0.25) is 17.7 Å². The number of aliphatic hydroxyl groups excluding tert-OH is 1. The van der Waals surface area contributed by atoms with Crippen LogP contribution in [0.4, 0.5) is 0 Å². The fraction of sp³-hybridized carbons (Fsp3) is 0.516. The van der Waals surface area contributed by atoms with E-state index in [0.29, 0.717) is 38.1 Å². The summed E-state index contributed by atoms with van der Waals surface area (Å²) in [5, 5.41) is 16.0. The van der Waals surface area contributed by atoms with Gasteiger partial charge in [0.15, 0.2) is 0 Å². The molecule has 39 heavy (non-hydrogen) atoms. The van der Waals surface area contributed by atoms with E-state index in [2.05, 4.69) is 10.6 Å². The molecule has 8 nitrogen and oxygen atoms in total. The molecule has 8 heteroatoms. The van der Waals surface area contributed by atoms with Gasteiger partial charge in [0, 0.05) is 13.1 Å². The molecule has 1 saturated heterocycles. The lowest BCUT2D eigenvalue weighted by atomic mass is 9.94. The van der Waals surface area contributed by atoms with Crippen LogP contribution in [0, 0.1) is 12.8 Å². The lowest BCUT2D eigenvalue weighted by Gasteiger charge is -2.33. The molecule has 1 aliphatic heterocycles. The second kappa shape index (κ2) is 12.6. The van der Waals surface area contributed by atoms with Gasteiger partial charge in [-0.15, -0.1) is 0 Å². The third-order valence-corrected chi connectivity index (χ3v) is 7.77. The summed E-state index contributed by atoms with van der Waals surface area (Å²) in [6.07, 6.45) is 3.62. The molecule has 2 aliphatic rings. The number of ether oxygens (including phenoxy) is 1. The average molecular weight is 536 g/mol. The summed E-state index contributed by atoms with van der Waals surface area (Å²) in [5.74, 6) is 0.199. The minimum atomic E-state index is -1.18. The first kappa shape index (κ1) is 28.6. The van der Waals surface area contributed by atoms with Gasteiger partial charge in [-0.2, -0.15) is 0 Å². The van der Waals surface area contributed by atoms with Gasteiger partial charge in [-0.25, -0.2) is 0 Å². The fourth-order valence-electron chi connectivity index (χ4n) is 5.36. The number of aliphatic hydroxyl groups is 1. The Bertz CT molecular complexity index is 1160. The smallest absolute Gasteiger partial charge is 0.249 e. The van der Waals surface area contributed by atoms with E-state index in [1.165, 1.54) is 0 Å². The first-order valence-corrected chi connectivity index (χ1v) is 14.1. The van der Waals surface area contributed by atoms with Crippen LogP contribution in [0.15, 0.2) is 48.5 Å². The van der Waals surface area contributed by atoms with Crippen molar-refractivity contribution in [3.8, 4) is 11.5 Å². The summed E-state index contributed by atoms with van der Waals surface area (Å²) in [7, 11) is 0. The molecule has 0 aromatic heterocycles. The van der Waals surface area contributed by atoms with Gasteiger partial charge in [0.25, 0.3) is 0 Å². The Labute approximate surface area is 231 Å². The molecule has 0 radical (unpaired) electrons. The largest absolute Gasteiger partial charge is 0.457 e. The van der Waals surface area contributed by atoms with Crippen LogP contribution < -0.4 is 15.4 Å². The first-order chi connectivity index (χ1) is 18.7. The number of amides is 3. The Morgan fingerprint density at radius 3 is 2.46 bits per heavy atom. The summed E-state index contributed by atoms with van der Waals surface area (Å²) < 4.78 is 6.01. The van der Waals surface area contributed by atoms with Gasteiger partial charge < -0.3 is 25.4 Å². The van der Waals surface area contributed by atoms with Crippen LogP contribution in [0.3, 0.4) is 0 Å². The van der Waals surface area contributed by atoms with Crippen LogP contribution in [0.1, 0.15) is 69.9 Å². The summed E-state index contributed by atoms with van der Waals surface area (Å²) in [6.45, 7) is 6.57. The Kier molecular flexibility index (Phi) is 9.28. The summed E-state index contributed by atoms with van der Waals surface area (Å²) in [5.41, 5.74) is 1.01. The molecule has 0 unspecified atom stereocenters. The number of hydrogen-bond donors (Lipinski definition) is 3. The van der Waals surface area contributed by atoms with Gasteiger partial charge in [0.05, 0.1) is 0 Å². The van der Waals surface area contributed by atoms with Crippen molar-refractivity contribution in [1.82, 2.24) is 15.5 Å². The van der Waals surface area contributed by atoms with Crippen molar-refractivity contribution in [2.75, 3.05) is 6.54 Å². The highest BCUT2D eigenvalue weighted by molar-refractivity contribution is 5.96. The zero-order chi connectivity index (χ0) is 28.0. The van der Waals surface area contributed by atoms with Gasteiger partial charge in [-0.3, -0.25) is 14.4 Å². The van der Waals surface area contributed by atoms with Crippen molar-refractivity contribution >= 4 is 17.7 Å². The number of likely N-dealkylation sites (tertiary alicyclic amines) is 1. The van der Waals surface area contributed by atoms with E-state index in [1.54, 1.807) is 18.7 Å². The minimum absolute atomic E-state index is 0.118. The van der Waals surface area contributed by atoms with Crippen molar-refractivity contribution in [1.29, 1.82) is 0 Å². The van der Waals surface area contributed by atoms with Crippen LogP contribution in [0.5, 0.6) is 11.5 Å². The highest BCUT2D eigenvalue weighted by Crippen LogP contribution is 2.31. The van der Waals surface area contributed by atoms with E-state index in [4.69, 9.17) is 4.74 Å². The van der Waals surface area contributed by atoms with Crippen LogP contribution in [0.25, 0.3) is 0 Å². The molecule has 4 rings (SSSR count). The number of nitrogens with zero attached hydrogens (tertiary/aromatic N) is 1. The predicted octanol–water partition coefficient (Wildman–Crippen LogP) is 4.23. The standard InChI is InChI=1S/C31H41N3O5/c1-21(2)27(35)28(36)33-31(16-5-6-17-31)30(38)32-26-11-4-7-18-34(29(26)37)20-23-9-8-10-25(19-23)39-24-14-12-22(3)13-15-24/h8-10,12-15,19,21,26-27,35H,4-7,11,16-18,20H2,1-3H3,(H,32,38)(H,33,36)/t26-,27-/m0/s1. The average Bonchev–Trinajstić information content (AvgIpc) is 3.33. The number of carbonyl (C=O) groups excluding carboxylic acids is 3. The van der Waals surface area contributed by atoms with Gasteiger partial charge in [0.1, 0.15) is 29.2 Å². The van der Waals surface area contributed by atoms with E-state index >= 15 is 0 Å². The Morgan fingerprint density at radius 1 is 1.05 bits per heavy atom. The normalized spacial score (nSPS) is 19.9. The third-order valence-electron chi connectivity index (χ3n) is 7.77. The van der Waals surface area contributed by atoms with Crippen LogP contribution in [-0.2, 0) is 20.9 Å². The molecule has 2 aromatic rings. The Balaban J connectivity index is 1.43. The Morgan fingerprint density at radius 2 is 1.77 bits per heavy atom. The maximum atomic E-state index is 13.6. The predicted molar refractivity (Wildman–Crippen MR) is 149 cm³/mol. The van der Waals surface area contributed by atoms with Gasteiger partial charge in [-0.1, -0.05) is 56.5 Å². The molecular formula is C31H41N3O5. The summed E-state index contributed by atoms with van der Waals surface area (Å²) in [6, 6.07) is 14.9. The SMILES string of the molecule is Cc1ccc(Oc2cccc(CN3CCCC[C@H](NC(=O)C4(NC(=O)[C@@H](O)C(C)C)CCCC4)C3=O)c2)cc1. The van der Waals surface area contributed by atoms with Crippen LogP contribution in [-0.4, -0.2) is 52.0 Å². The third kappa shape index (κ3) is 7.18. The molecule has 2 atom stereocenters. The molecule has 1 saturated carbocycles. The lowest BCUT2D eigenvalue weighted by Crippen LogP contribution is -2.62. The highest BCUT2D eigenvalue weighted by atomic mass is 16.5. The molecule has 0 spiro atoms. The number of nitrogens with one attached hydrogen (secondary N) is 2. The molecule has 2 fully saturated rings. The zero-order valence-electron chi connectivity index (χ0n) is 23.2. The number of hydrogen-bond acceptors (Lipinski definition) is 5. The van der Waals surface area contributed by atoms with E-state index < -0.39 is 23.6 Å². The zero-order valence-corrected chi connectivity index (χ0v) is 23.2. The quantitative estimate of drug-likeness (QED) is 0.445. The molecule has 3 amide bonds. The molecule has 3 N–H and O–H groups in total. The van der Waals surface area contributed by atoms with Crippen molar-refractivity contribution in [3.05, 3.63) is 59.7 Å². The van der Waals surface area contributed by atoms with Crippen molar-refractivity contribution < 1.29 is 24.2 Å². The fourth-order valence-corrected chi connectivity index (χ4v) is 5.36. The molecule has 1 aliphatic carbocycles. The second-order valence-corrected chi connectivity index (χ2v) is 11.3. The van der Waals surface area contributed by atoms with E-state index in [-0.39, 0.29) is 17.7 Å². The van der Waals surface area contributed by atoms with Crippen molar-refractivity contribution in [2.45, 2.75) is 89.9 Å².